The third-order valence-corrected chi connectivity index (χ3v) is 3.47. The van der Waals surface area contributed by atoms with Crippen LogP contribution in [0, 0.1) is 0 Å². The van der Waals surface area contributed by atoms with Crippen LogP contribution < -0.4 is 11.2 Å². The van der Waals surface area contributed by atoms with E-state index >= 15 is 0 Å². The fraction of sp³-hybridized carbons (Fsp3) is 0.0556. The van der Waals surface area contributed by atoms with Crippen molar-refractivity contribution in [2.45, 2.75) is 6.54 Å². The molecule has 2 aromatic heterocycles. The second-order valence-electron chi connectivity index (χ2n) is 5.40. The zero-order valence-electron chi connectivity index (χ0n) is 13.7. The van der Waals surface area contributed by atoms with Crippen LogP contribution >= 0.6 is 0 Å². The number of nitrogens with one attached hydrogen (secondary N) is 1. The van der Waals surface area contributed by atoms with Crippen molar-refractivity contribution >= 4 is 18.0 Å². The number of pyridine rings is 1. The molecule has 0 spiro atoms. The molecule has 0 aliphatic rings. The number of primary amides is 1. The van der Waals surface area contributed by atoms with E-state index < -0.39 is 5.91 Å². The summed E-state index contributed by atoms with van der Waals surface area (Å²) in [5, 5.41) is 8.36. The van der Waals surface area contributed by atoms with E-state index in [9.17, 15) is 9.59 Å². The Bertz CT molecular complexity index is 935. The second-order valence-corrected chi connectivity index (χ2v) is 5.40. The molecule has 0 unspecified atom stereocenters. The summed E-state index contributed by atoms with van der Waals surface area (Å²) in [5.41, 5.74) is 10.3. The highest BCUT2D eigenvalue weighted by molar-refractivity contribution is 5.95. The molecule has 0 aliphatic carbocycles. The Morgan fingerprint density at radius 1 is 1.15 bits per heavy atom. The van der Waals surface area contributed by atoms with Crippen molar-refractivity contribution in [1.82, 2.24) is 20.2 Å². The maximum Gasteiger partial charge on any atom is 0.271 e. The van der Waals surface area contributed by atoms with Crippen LogP contribution in [0.1, 0.15) is 15.9 Å². The minimum Gasteiger partial charge on any atom is -0.368 e. The lowest BCUT2D eigenvalue weighted by atomic mass is 10.1. The molecule has 2 heterocycles. The van der Waals surface area contributed by atoms with Crippen molar-refractivity contribution in [2.75, 3.05) is 0 Å². The van der Waals surface area contributed by atoms with Gasteiger partial charge in [-0.15, -0.1) is 0 Å². The minimum atomic E-state index is -0.499. The molecule has 1 aromatic carbocycles. The molecule has 8 heteroatoms. The van der Waals surface area contributed by atoms with Crippen LogP contribution in [0.3, 0.4) is 0 Å². The van der Waals surface area contributed by atoms with Crippen molar-refractivity contribution in [3.05, 3.63) is 72.2 Å². The lowest BCUT2D eigenvalue weighted by Gasteiger charge is -1.99. The molecule has 0 saturated carbocycles. The second kappa shape index (κ2) is 7.84. The Labute approximate surface area is 149 Å². The van der Waals surface area contributed by atoms with E-state index in [2.05, 4.69) is 20.6 Å². The highest BCUT2D eigenvalue weighted by atomic mass is 16.2. The maximum atomic E-state index is 12.0. The maximum absolute atomic E-state index is 12.0. The number of hydrazone groups is 1. The predicted octanol–water partition coefficient (Wildman–Crippen LogP) is 1.19. The van der Waals surface area contributed by atoms with E-state index in [0.717, 1.165) is 5.56 Å². The Morgan fingerprint density at radius 2 is 1.88 bits per heavy atom. The van der Waals surface area contributed by atoms with E-state index in [4.69, 9.17) is 5.73 Å². The molecule has 130 valence electrons. The van der Waals surface area contributed by atoms with Gasteiger partial charge in [-0.3, -0.25) is 19.3 Å². The molecule has 3 N–H and O–H groups in total. The van der Waals surface area contributed by atoms with Crippen LogP contribution in [0.4, 0.5) is 0 Å². The Balaban J connectivity index is 1.82. The topological polar surface area (TPSA) is 115 Å². The first-order chi connectivity index (χ1) is 12.6. The van der Waals surface area contributed by atoms with Gasteiger partial charge in [-0.1, -0.05) is 30.3 Å². The molecule has 3 rings (SSSR count). The summed E-state index contributed by atoms with van der Waals surface area (Å²) in [5.74, 6) is -0.851. The smallest absolute Gasteiger partial charge is 0.271 e. The zero-order valence-corrected chi connectivity index (χ0v) is 13.7. The highest BCUT2D eigenvalue weighted by Crippen LogP contribution is 2.20. The average molecular weight is 348 g/mol. The van der Waals surface area contributed by atoms with Gasteiger partial charge in [0.1, 0.15) is 12.2 Å². The van der Waals surface area contributed by atoms with E-state index in [1.165, 1.54) is 23.3 Å². The molecular weight excluding hydrogens is 332 g/mol. The fourth-order valence-electron chi connectivity index (χ4n) is 2.32. The third-order valence-electron chi connectivity index (χ3n) is 3.47. The number of nitrogens with zero attached hydrogens (tertiary/aromatic N) is 4. The molecule has 0 fully saturated rings. The van der Waals surface area contributed by atoms with Gasteiger partial charge in [0, 0.05) is 35.3 Å². The van der Waals surface area contributed by atoms with E-state index in [-0.39, 0.29) is 12.5 Å². The van der Waals surface area contributed by atoms with Crippen molar-refractivity contribution in [2.24, 2.45) is 10.8 Å². The largest absolute Gasteiger partial charge is 0.368 e. The summed E-state index contributed by atoms with van der Waals surface area (Å²) in [6.07, 6.45) is 6.18. The van der Waals surface area contributed by atoms with E-state index in [1.54, 1.807) is 18.3 Å². The zero-order chi connectivity index (χ0) is 18.4. The van der Waals surface area contributed by atoms with Crippen molar-refractivity contribution in [3.63, 3.8) is 0 Å². The molecule has 0 atom stereocenters. The van der Waals surface area contributed by atoms with Gasteiger partial charge in [0.15, 0.2) is 0 Å². The summed E-state index contributed by atoms with van der Waals surface area (Å²) in [6, 6.07) is 12.6. The number of amides is 2. The first kappa shape index (κ1) is 17.0. The van der Waals surface area contributed by atoms with Crippen LogP contribution in [0.15, 0.2) is 66.2 Å². The number of aromatic nitrogens is 3. The van der Waals surface area contributed by atoms with Crippen molar-refractivity contribution in [3.8, 4) is 11.3 Å². The van der Waals surface area contributed by atoms with Crippen LogP contribution in [0.5, 0.6) is 0 Å². The van der Waals surface area contributed by atoms with Crippen molar-refractivity contribution < 1.29 is 9.59 Å². The number of hydrogen-bond donors (Lipinski definition) is 2. The lowest BCUT2D eigenvalue weighted by molar-refractivity contribution is -0.118. The predicted molar refractivity (Wildman–Crippen MR) is 96.2 cm³/mol. The molecule has 0 aliphatic heterocycles. The Hall–Kier alpha value is -3.81. The molecule has 26 heavy (non-hydrogen) atoms. The van der Waals surface area contributed by atoms with Gasteiger partial charge in [0.2, 0.25) is 5.91 Å². The number of rotatable bonds is 6. The quantitative estimate of drug-likeness (QED) is 0.514. The first-order valence-corrected chi connectivity index (χ1v) is 7.78. The first-order valence-electron chi connectivity index (χ1n) is 7.78. The van der Waals surface area contributed by atoms with E-state index in [0.29, 0.717) is 16.8 Å². The van der Waals surface area contributed by atoms with Gasteiger partial charge >= 0.3 is 0 Å². The number of carbonyl (C=O) groups excluding carboxylic acids is 2. The summed E-state index contributed by atoms with van der Waals surface area (Å²) in [7, 11) is 0. The van der Waals surface area contributed by atoms with Crippen molar-refractivity contribution in [1.29, 1.82) is 0 Å². The SMILES string of the molecule is NC(=O)Cn1cc(C=NNC(=O)c2ccncc2)c(-c2ccccc2)n1. The molecule has 0 saturated heterocycles. The number of hydrogen-bond acceptors (Lipinski definition) is 5. The monoisotopic (exact) mass is 348 g/mol. The van der Waals surface area contributed by atoms with Gasteiger partial charge in [0.05, 0.1) is 6.21 Å². The number of carbonyl (C=O) groups is 2. The Kier molecular flexibility index (Phi) is 5.14. The molecule has 0 bridgehead atoms. The van der Waals surface area contributed by atoms with Crippen LogP contribution in [-0.2, 0) is 11.3 Å². The molecule has 2 amide bonds. The summed E-state index contributed by atoms with van der Waals surface area (Å²) >= 11 is 0. The number of benzene rings is 1. The third kappa shape index (κ3) is 4.18. The van der Waals surface area contributed by atoms with Gasteiger partial charge in [0.25, 0.3) is 5.91 Å². The van der Waals surface area contributed by atoms with E-state index in [1.807, 2.05) is 30.3 Å². The van der Waals surface area contributed by atoms with Crippen LogP contribution in [0.2, 0.25) is 0 Å². The van der Waals surface area contributed by atoms with Crippen LogP contribution in [-0.4, -0.2) is 32.8 Å². The van der Waals surface area contributed by atoms with Crippen LogP contribution in [0.25, 0.3) is 11.3 Å². The van der Waals surface area contributed by atoms with Gasteiger partial charge in [-0.25, -0.2) is 5.43 Å². The molecule has 3 aromatic rings. The summed E-state index contributed by atoms with van der Waals surface area (Å²) < 4.78 is 1.44. The summed E-state index contributed by atoms with van der Waals surface area (Å²) in [6.45, 7) is -0.0446. The normalized spacial score (nSPS) is 10.8. The Morgan fingerprint density at radius 3 is 2.58 bits per heavy atom. The highest BCUT2D eigenvalue weighted by Gasteiger charge is 2.11. The average Bonchev–Trinajstić information content (AvgIpc) is 3.05. The molecule has 8 nitrogen and oxygen atoms in total. The lowest BCUT2D eigenvalue weighted by Crippen LogP contribution is -2.18. The van der Waals surface area contributed by atoms with Gasteiger partial charge < -0.3 is 5.73 Å². The van der Waals surface area contributed by atoms with Gasteiger partial charge in [-0.2, -0.15) is 10.2 Å². The fourth-order valence-corrected chi connectivity index (χ4v) is 2.32. The standard InChI is InChI=1S/C18H16N6O2/c19-16(25)12-24-11-15(17(23-24)13-4-2-1-3-5-13)10-21-22-18(26)14-6-8-20-9-7-14/h1-11H,12H2,(H2,19,25)(H,22,26). The summed E-state index contributed by atoms with van der Waals surface area (Å²) in [4.78, 5) is 27.0. The minimum absolute atomic E-state index is 0.0446. The number of nitrogens with two attached hydrogens (primary N) is 1. The molecular formula is C18H16N6O2. The molecule has 0 radical (unpaired) electrons. The van der Waals surface area contributed by atoms with Gasteiger partial charge in [-0.05, 0) is 12.1 Å².